The second-order valence-corrected chi connectivity index (χ2v) is 5.86. The van der Waals surface area contributed by atoms with Crippen LogP contribution in [0.4, 0.5) is 10.5 Å². The zero-order chi connectivity index (χ0) is 15.4. The van der Waals surface area contributed by atoms with Crippen molar-refractivity contribution in [3.8, 4) is 6.07 Å². The highest BCUT2D eigenvalue weighted by Crippen LogP contribution is 2.26. The second kappa shape index (κ2) is 6.59. The topological polar surface area (TPSA) is 102 Å². The van der Waals surface area contributed by atoms with Crippen LogP contribution >= 0.6 is 15.9 Å². The van der Waals surface area contributed by atoms with Gasteiger partial charge in [-0.25, -0.2) is 4.79 Å². The third-order valence-corrected chi connectivity index (χ3v) is 3.96. The lowest BCUT2D eigenvalue weighted by molar-refractivity contribution is -0.141. The van der Waals surface area contributed by atoms with Gasteiger partial charge in [-0.05, 0) is 37.5 Å². The summed E-state index contributed by atoms with van der Waals surface area (Å²) < 4.78 is 0.755. The molecule has 2 rings (SSSR count). The van der Waals surface area contributed by atoms with E-state index >= 15 is 0 Å². The van der Waals surface area contributed by atoms with Crippen LogP contribution in [0.5, 0.6) is 0 Å². The minimum absolute atomic E-state index is 0.146. The van der Waals surface area contributed by atoms with Crippen molar-refractivity contribution in [1.29, 1.82) is 5.26 Å². The Balaban J connectivity index is 1.94. The van der Waals surface area contributed by atoms with Gasteiger partial charge in [-0.1, -0.05) is 15.9 Å². The minimum atomic E-state index is -0.820. The van der Waals surface area contributed by atoms with Gasteiger partial charge in [-0.3, -0.25) is 4.79 Å². The maximum Gasteiger partial charge on any atom is 0.319 e. The Morgan fingerprint density at radius 2 is 2.14 bits per heavy atom. The van der Waals surface area contributed by atoms with E-state index in [1.54, 1.807) is 18.2 Å². The average molecular weight is 352 g/mol. The molecule has 2 amide bonds. The van der Waals surface area contributed by atoms with E-state index in [0.717, 1.165) is 4.47 Å². The number of carbonyl (C=O) groups is 2. The fourth-order valence-corrected chi connectivity index (χ4v) is 2.76. The number of nitriles is 1. The smallest absolute Gasteiger partial charge is 0.319 e. The number of urea groups is 1. The van der Waals surface area contributed by atoms with Gasteiger partial charge in [0.25, 0.3) is 0 Å². The molecule has 0 spiro atoms. The molecule has 3 N–H and O–H groups in total. The summed E-state index contributed by atoms with van der Waals surface area (Å²) in [5, 5.41) is 23.3. The maximum atomic E-state index is 11.9. The molecule has 6 nitrogen and oxygen atoms in total. The fourth-order valence-electron chi connectivity index (χ4n) is 2.40. The molecule has 21 heavy (non-hydrogen) atoms. The number of carboxylic acid groups (broad SMARTS) is 1. The third kappa shape index (κ3) is 3.95. The highest BCUT2D eigenvalue weighted by molar-refractivity contribution is 9.10. The summed E-state index contributed by atoms with van der Waals surface area (Å²) in [4.78, 5) is 22.8. The van der Waals surface area contributed by atoms with Gasteiger partial charge < -0.3 is 15.7 Å². The Labute approximate surface area is 130 Å². The van der Waals surface area contributed by atoms with Gasteiger partial charge in [0.15, 0.2) is 0 Å². The first kappa shape index (κ1) is 15.3. The first-order valence-corrected chi connectivity index (χ1v) is 7.29. The molecule has 0 heterocycles. The normalized spacial score (nSPS) is 20.6. The summed E-state index contributed by atoms with van der Waals surface area (Å²) in [6.07, 6.45) is 1.66. The molecule has 1 saturated carbocycles. The molecule has 0 aromatic heterocycles. The third-order valence-electron chi connectivity index (χ3n) is 3.47. The molecular weight excluding hydrogens is 338 g/mol. The summed E-state index contributed by atoms with van der Waals surface area (Å²) in [5.41, 5.74) is 0.778. The van der Waals surface area contributed by atoms with E-state index in [2.05, 4.69) is 26.6 Å². The fraction of sp³-hybridized carbons (Fsp3) is 0.357. The number of anilines is 1. The number of amides is 2. The van der Waals surface area contributed by atoms with Crippen molar-refractivity contribution in [3.05, 3.63) is 28.2 Å². The monoisotopic (exact) mass is 351 g/mol. The first-order chi connectivity index (χ1) is 9.99. The van der Waals surface area contributed by atoms with Crippen LogP contribution < -0.4 is 10.6 Å². The first-order valence-electron chi connectivity index (χ1n) is 6.49. The van der Waals surface area contributed by atoms with Gasteiger partial charge in [0, 0.05) is 10.5 Å². The van der Waals surface area contributed by atoms with Crippen LogP contribution in [0.25, 0.3) is 0 Å². The number of benzene rings is 1. The summed E-state index contributed by atoms with van der Waals surface area (Å²) in [6.45, 7) is 0. The predicted octanol–water partition coefficient (Wildman–Crippen LogP) is 2.70. The van der Waals surface area contributed by atoms with Crippen LogP contribution in [0, 0.1) is 17.2 Å². The number of aliphatic carboxylic acids is 1. The Hall–Kier alpha value is -2.07. The van der Waals surface area contributed by atoms with Crippen molar-refractivity contribution in [2.75, 3.05) is 5.32 Å². The van der Waals surface area contributed by atoms with Gasteiger partial charge in [0.05, 0.1) is 17.2 Å². The highest BCUT2D eigenvalue weighted by Gasteiger charge is 2.30. The van der Waals surface area contributed by atoms with E-state index in [1.165, 1.54) is 0 Å². The lowest BCUT2D eigenvalue weighted by Crippen LogP contribution is -2.36. The maximum absolute atomic E-state index is 11.9. The van der Waals surface area contributed by atoms with Crippen LogP contribution in [0.1, 0.15) is 24.8 Å². The molecule has 110 valence electrons. The molecule has 2 atom stereocenters. The highest BCUT2D eigenvalue weighted by atomic mass is 79.9. The van der Waals surface area contributed by atoms with Crippen molar-refractivity contribution in [2.45, 2.75) is 25.3 Å². The molecule has 1 aliphatic carbocycles. The van der Waals surface area contributed by atoms with Crippen molar-refractivity contribution < 1.29 is 14.7 Å². The number of halogens is 1. The Bertz CT molecular complexity index is 612. The molecule has 1 aromatic rings. The van der Waals surface area contributed by atoms with Crippen molar-refractivity contribution in [1.82, 2.24) is 5.32 Å². The van der Waals surface area contributed by atoms with Crippen molar-refractivity contribution in [3.63, 3.8) is 0 Å². The number of rotatable bonds is 3. The van der Waals surface area contributed by atoms with E-state index in [4.69, 9.17) is 10.4 Å². The zero-order valence-corrected chi connectivity index (χ0v) is 12.7. The SMILES string of the molecule is N#Cc1cc(Br)ccc1NC(=O)N[C@H]1CC[C@@H](C(=O)O)C1. The van der Waals surface area contributed by atoms with Crippen LogP contribution in [-0.4, -0.2) is 23.1 Å². The largest absolute Gasteiger partial charge is 0.481 e. The zero-order valence-electron chi connectivity index (χ0n) is 11.1. The number of nitrogens with zero attached hydrogens (tertiary/aromatic N) is 1. The molecule has 1 fully saturated rings. The van der Waals surface area contributed by atoms with Crippen molar-refractivity contribution in [2.24, 2.45) is 5.92 Å². The van der Waals surface area contributed by atoms with Gasteiger partial charge in [0.2, 0.25) is 0 Å². The lowest BCUT2D eigenvalue weighted by Gasteiger charge is -2.14. The minimum Gasteiger partial charge on any atom is -0.481 e. The van der Waals surface area contributed by atoms with Gasteiger partial charge in [-0.15, -0.1) is 0 Å². The van der Waals surface area contributed by atoms with E-state index < -0.39 is 17.9 Å². The quantitative estimate of drug-likeness (QED) is 0.778. The number of hydrogen-bond acceptors (Lipinski definition) is 3. The lowest BCUT2D eigenvalue weighted by atomic mass is 10.1. The van der Waals surface area contributed by atoms with Crippen LogP contribution in [0.3, 0.4) is 0 Å². The van der Waals surface area contributed by atoms with E-state index in [9.17, 15) is 9.59 Å². The molecule has 0 aliphatic heterocycles. The number of carboxylic acids is 1. The molecule has 7 heteroatoms. The molecule has 0 bridgehead atoms. The summed E-state index contributed by atoms with van der Waals surface area (Å²) in [7, 11) is 0. The standard InChI is InChI=1S/C14H14BrN3O3/c15-10-2-4-12(9(5-10)7-16)18-14(21)17-11-3-1-8(6-11)13(19)20/h2,4-5,8,11H,1,3,6H2,(H,19,20)(H2,17,18,21)/t8-,11+/m1/s1. The van der Waals surface area contributed by atoms with Crippen LogP contribution in [0.15, 0.2) is 22.7 Å². The van der Waals surface area contributed by atoms with Crippen molar-refractivity contribution >= 4 is 33.6 Å². The molecule has 1 aliphatic rings. The van der Waals surface area contributed by atoms with Crippen LogP contribution in [-0.2, 0) is 4.79 Å². The van der Waals surface area contributed by atoms with Crippen LogP contribution in [0.2, 0.25) is 0 Å². The van der Waals surface area contributed by atoms with E-state index in [0.29, 0.717) is 30.5 Å². The second-order valence-electron chi connectivity index (χ2n) is 4.95. The molecule has 0 radical (unpaired) electrons. The molecule has 0 saturated heterocycles. The average Bonchev–Trinajstić information content (AvgIpc) is 2.89. The number of carbonyl (C=O) groups excluding carboxylic acids is 1. The Morgan fingerprint density at radius 3 is 2.76 bits per heavy atom. The summed E-state index contributed by atoms with van der Waals surface area (Å²) in [6, 6.07) is 6.42. The molecule has 1 aromatic carbocycles. The molecule has 0 unspecified atom stereocenters. The number of hydrogen-bond donors (Lipinski definition) is 3. The summed E-state index contributed by atoms with van der Waals surface area (Å²) >= 11 is 3.26. The van der Waals surface area contributed by atoms with Gasteiger partial charge in [0.1, 0.15) is 6.07 Å². The Morgan fingerprint density at radius 1 is 1.38 bits per heavy atom. The Kier molecular flexibility index (Phi) is 4.81. The summed E-state index contributed by atoms with van der Waals surface area (Å²) in [5.74, 6) is -1.21. The van der Waals surface area contributed by atoms with Gasteiger partial charge in [-0.2, -0.15) is 5.26 Å². The van der Waals surface area contributed by atoms with Gasteiger partial charge >= 0.3 is 12.0 Å². The van der Waals surface area contributed by atoms with E-state index in [1.807, 2.05) is 6.07 Å². The van der Waals surface area contributed by atoms with E-state index in [-0.39, 0.29) is 6.04 Å². The molecular formula is C14H14BrN3O3. The predicted molar refractivity (Wildman–Crippen MR) is 79.8 cm³/mol. The number of nitrogens with one attached hydrogen (secondary N) is 2.